The third-order valence-electron chi connectivity index (χ3n) is 1.47. The molecule has 70 valence electrons. The van der Waals surface area contributed by atoms with Crippen molar-refractivity contribution in [1.82, 2.24) is 0 Å². The molecule has 0 saturated carbocycles. The van der Waals surface area contributed by atoms with Crippen LogP contribution in [-0.2, 0) is 0 Å². The Morgan fingerprint density at radius 1 is 1.38 bits per heavy atom. The van der Waals surface area contributed by atoms with Crippen molar-refractivity contribution in [1.29, 1.82) is 0 Å². The summed E-state index contributed by atoms with van der Waals surface area (Å²) in [5.41, 5.74) is 7.41. The molecule has 0 aliphatic rings. The molecule has 2 N–H and O–H groups in total. The van der Waals surface area contributed by atoms with Gasteiger partial charge in [-0.1, -0.05) is 32.6 Å². The zero-order valence-corrected chi connectivity index (χ0v) is 8.08. The van der Waals surface area contributed by atoms with Crippen molar-refractivity contribution in [3.63, 3.8) is 0 Å². The van der Waals surface area contributed by atoms with E-state index < -0.39 is 0 Å². The molecule has 0 bridgehead atoms. The molecule has 0 aromatic heterocycles. The molecule has 0 aliphatic carbocycles. The van der Waals surface area contributed by atoms with Crippen LogP contribution in [0.5, 0.6) is 0 Å². The Morgan fingerprint density at radius 3 is 2.46 bits per heavy atom. The number of anilines is 1. The number of rotatable bonds is 2. The lowest BCUT2D eigenvalue weighted by Crippen LogP contribution is -1.92. The van der Waals surface area contributed by atoms with Crippen LogP contribution in [0.25, 0.3) is 6.08 Å². The van der Waals surface area contributed by atoms with Crippen molar-refractivity contribution in [2.45, 2.75) is 13.8 Å². The zero-order chi connectivity index (χ0) is 10.3. The summed E-state index contributed by atoms with van der Waals surface area (Å²) >= 11 is 0. The fourth-order valence-electron chi connectivity index (χ4n) is 0.822. The van der Waals surface area contributed by atoms with Crippen LogP contribution in [-0.4, -0.2) is 6.29 Å². The van der Waals surface area contributed by atoms with Gasteiger partial charge in [-0.3, -0.25) is 4.79 Å². The lowest BCUT2D eigenvalue weighted by Gasteiger charge is -1.98. The van der Waals surface area contributed by atoms with Gasteiger partial charge in [0.15, 0.2) is 6.29 Å². The van der Waals surface area contributed by atoms with E-state index in [2.05, 4.69) is 6.58 Å². The fourth-order valence-corrected chi connectivity index (χ4v) is 0.822. The Hall–Kier alpha value is -1.57. The fraction of sp³-hybridized carbons (Fsp3) is 0.182. The van der Waals surface area contributed by atoms with Crippen molar-refractivity contribution in [2.24, 2.45) is 0 Å². The summed E-state index contributed by atoms with van der Waals surface area (Å²) in [6, 6.07) is 5.21. The normalized spacial score (nSPS) is 8.15. The summed E-state index contributed by atoms with van der Waals surface area (Å²) in [5.74, 6) is 0. The quantitative estimate of drug-likeness (QED) is 0.557. The molecule has 2 nitrogen and oxygen atoms in total. The van der Waals surface area contributed by atoms with Crippen LogP contribution >= 0.6 is 0 Å². The van der Waals surface area contributed by atoms with E-state index in [9.17, 15) is 4.79 Å². The second kappa shape index (κ2) is 6.00. The third kappa shape index (κ3) is 3.11. The summed E-state index contributed by atoms with van der Waals surface area (Å²) in [7, 11) is 0. The molecular formula is C11H15NO. The van der Waals surface area contributed by atoms with Crippen LogP contribution in [0.15, 0.2) is 24.8 Å². The SMILES string of the molecule is C=Cc1ccc(N)c(C=O)c1.CC. The molecule has 0 unspecified atom stereocenters. The van der Waals surface area contributed by atoms with Crippen LogP contribution in [0.3, 0.4) is 0 Å². The zero-order valence-electron chi connectivity index (χ0n) is 8.08. The van der Waals surface area contributed by atoms with E-state index >= 15 is 0 Å². The first kappa shape index (κ1) is 11.4. The van der Waals surface area contributed by atoms with Crippen molar-refractivity contribution < 1.29 is 4.79 Å². The van der Waals surface area contributed by atoms with Gasteiger partial charge in [0.2, 0.25) is 0 Å². The van der Waals surface area contributed by atoms with Crippen LogP contribution < -0.4 is 5.73 Å². The van der Waals surface area contributed by atoms with Gasteiger partial charge in [-0.15, -0.1) is 0 Å². The molecule has 0 saturated heterocycles. The molecule has 2 heteroatoms. The van der Waals surface area contributed by atoms with Gasteiger partial charge in [0, 0.05) is 11.3 Å². The van der Waals surface area contributed by atoms with Gasteiger partial charge in [0.1, 0.15) is 0 Å². The smallest absolute Gasteiger partial charge is 0.152 e. The molecule has 0 radical (unpaired) electrons. The average Bonchev–Trinajstić information content (AvgIpc) is 2.22. The standard InChI is InChI=1S/C9H9NO.C2H6/c1-2-7-3-4-9(10)8(5-7)6-11;1-2/h2-6H,1,10H2;1-2H3. The molecule has 1 aromatic rings. The number of hydrogen-bond donors (Lipinski definition) is 1. The molecule has 0 amide bonds. The highest BCUT2D eigenvalue weighted by atomic mass is 16.1. The van der Waals surface area contributed by atoms with Crippen molar-refractivity contribution >= 4 is 18.0 Å². The van der Waals surface area contributed by atoms with Crippen LogP contribution in [0.1, 0.15) is 29.8 Å². The van der Waals surface area contributed by atoms with E-state index in [1.807, 2.05) is 19.9 Å². The van der Waals surface area contributed by atoms with Gasteiger partial charge < -0.3 is 5.73 Å². The molecular weight excluding hydrogens is 162 g/mol. The van der Waals surface area contributed by atoms with E-state index in [0.717, 1.165) is 11.8 Å². The number of benzene rings is 1. The first-order valence-corrected chi connectivity index (χ1v) is 4.25. The molecule has 1 rings (SSSR count). The van der Waals surface area contributed by atoms with Gasteiger partial charge in [-0.25, -0.2) is 0 Å². The number of aldehydes is 1. The highest BCUT2D eigenvalue weighted by Crippen LogP contribution is 2.12. The maximum atomic E-state index is 10.4. The second-order valence-electron chi connectivity index (χ2n) is 2.21. The summed E-state index contributed by atoms with van der Waals surface area (Å²) in [5, 5.41) is 0. The van der Waals surface area contributed by atoms with Gasteiger partial charge in [0.05, 0.1) is 0 Å². The Morgan fingerprint density at radius 2 is 2.00 bits per heavy atom. The van der Waals surface area contributed by atoms with E-state index in [4.69, 9.17) is 5.73 Å². The molecule has 0 atom stereocenters. The first-order valence-electron chi connectivity index (χ1n) is 4.25. The highest BCUT2D eigenvalue weighted by Gasteiger charge is 1.96. The Kier molecular flexibility index (Phi) is 5.28. The maximum absolute atomic E-state index is 10.4. The van der Waals surface area contributed by atoms with Crippen molar-refractivity contribution in [2.75, 3.05) is 5.73 Å². The number of carbonyl (C=O) groups is 1. The lowest BCUT2D eigenvalue weighted by atomic mass is 10.1. The summed E-state index contributed by atoms with van der Waals surface area (Å²) < 4.78 is 0. The minimum Gasteiger partial charge on any atom is -0.398 e. The number of hydrogen-bond acceptors (Lipinski definition) is 2. The molecule has 13 heavy (non-hydrogen) atoms. The van der Waals surface area contributed by atoms with Gasteiger partial charge in [-0.05, 0) is 17.7 Å². The van der Waals surface area contributed by atoms with E-state index in [0.29, 0.717) is 11.3 Å². The summed E-state index contributed by atoms with van der Waals surface area (Å²) in [6.07, 6.45) is 2.41. The predicted molar refractivity (Wildman–Crippen MR) is 57.7 cm³/mol. The molecule has 0 fully saturated rings. The highest BCUT2D eigenvalue weighted by molar-refractivity contribution is 5.84. The van der Waals surface area contributed by atoms with Gasteiger partial charge in [0.25, 0.3) is 0 Å². The predicted octanol–water partition coefficient (Wildman–Crippen LogP) is 2.75. The second-order valence-corrected chi connectivity index (χ2v) is 2.21. The lowest BCUT2D eigenvalue weighted by molar-refractivity contribution is 0.112. The third-order valence-corrected chi connectivity index (χ3v) is 1.47. The number of carbonyl (C=O) groups excluding carboxylic acids is 1. The van der Waals surface area contributed by atoms with E-state index in [1.165, 1.54) is 0 Å². The van der Waals surface area contributed by atoms with Crippen LogP contribution in [0, 0.1) is 0 Å². The molecule has 0 aliphatic heterocycles. The van der Waals surface area contributed by atoms with Crippen LogP contribution in [0.4, 0.5) is 5.69 Å². The minimum atomic E-state index is 0.505. The Bertz CT molecular complexity index is 292. The largest absolute Gasteiger partial charge is 0.398 e. The minimum absolute atomic E-state index is 0.505. The number of nitrogens with two attached hydrogens (primary N) is 1. The maximum Gasteiger partial charge on any atom is 0.152 e. The molecule has 0 spiro atoms. The molecule has 1 aromatic carbocycles. The van der Waals surface area contributed by atoms with Crippen molar-refractivity contribution in [3.8, 4) is 0 Å². The van der Waals surface area contributed by atoms with Gasteiger partial charge in [-0.2, -0.15) is 0 Å². The van der Waals surface area contributed by atoms with E-state index in [1.54, 1.807) is 18.2 Å². The summed E-state index contributed by atoms with van der Waals surface area (Å²) in [6.45, 7) is 7.58. The number of nitrogen functional groups attached to an aromatic ring is 1. The monoisotopic (exact) mass is 177 g/mol. The summed E-state index contributed by atoms with van der Waals surface area (Å²) in [4.78, 5) is 10.4. The first-order chi connectivity index (χ1) is 6.27. The topological polar surface area (TPSA) is 43.1 Å². The molecule has 0 heterocycles. The van der Waals surface area contributed by atoms with Crippen LogP contribution in [0.2, 0.25) is 0 Å². The van der Waals surface area contributed by atoms with Gasteiger partial charge >= 0.3 is 0 Å². The van der Waals surface area contributed by atoms with E-state index in [-0.39, 0.29) is 0 Å². The Balaban J connectivity index is 0.000000671. The Labute approximate surface area is 79.1 Å². The average molecular weight is 177 g/mol. The van der Waals surface area contributed by atoms with Crippen molar-refractivity contribution in [3.05, 3.63) is 35.9 Å².